The lowest BCUT2D eigenvalue weighted by atomic mass is 10.1. The SMILES string of the molecule is CC(C)(O)CNc1ccc(-c2noc(-c3ccccc3Cl)n2)cc1NN. The Hall–Kier alpha value is -2.61. The molecule has 7 nitrogen and oxygen atoms in total. The van der Waals surface area contributed by atoms with E-state index in [9.17, 15) is 5.11 Å². The Labute approximate surface area is 156 Å². The summed E-state index contributed by atoms with van der Waals surface area (Å²) in [4.78, 5) is 4.41. The Kier molecular flexibility index (Phi) is 5.13. The van der Waals surface area contributed by atoms with Crippen LogP contribution in [0.5, 0.6) is 0 Å². The molecule has 2 aromatic carbocycles. The second-order valence-corrected chi connectivity index (χ2v) is 6.88. The zero-order chi connectivity index (χ0) is 18.7. The zero-order valence-electron chi connectivity index (χ0n) is 14.5. The van der Waals surface area contributed by atoms with Crippen molar-refractivity contribution in [3.05, 3.63) is 47.5 Å². The predicted molar refractivity (Wildman–Crippen MR) is 103 cm³/mol. The van der Waals surface area contributed by atoms with Gasteiger partial charge in [0.05, 0.1) is 27.6 Å². The summed E-state index contributed by atoms with van der Waals surface area (Å²) in [6.45, 7) is 3.82. The number of hydrazine groups is 1. The molecule has 0 amide bonds. The van der Waals surface area contributed by atoms with Gasteiger partial charge in [-0.2, -0.15) is 4.98 Å². The molecule has 0 spiro atoms. The van der Waals surface area contributed by atoms with Crippen molar-refractivity contribution >= 4 is 23.0 Å². The molecule has 136 valence electrons. The fourth-order valence-electron chi connectivity index (χ4n) is 2.35. The van der Waals surface area contributed by atoms with Gasteiger partial charge in [-0.25, -0.2) is 0 Å². The Morgan fingerprint density at radius 2 is 1.96 bits per heavy atom. The van der Waals surface area contributed by atoms with Crippen LogP contribution in [0.3, 0.4) is 0 Å². The van der Waals surface area contributed by atoms with E-state index in [2.05, 4.69) is 20.9 Å². The Morgan fingerprint density at radius 1 is 1.19 bits per heavy atom. The highest BCUT2D eigenvalue weighted by Gasteiger charge is 2.16. The van der Waals surface area contributed by atoms with E-state index in [0.717, 1.165) is 11.3 Å². The molecule has 0 fully saturated rings. The molecule has 0 aliphatic carbocycles. The number of nitrogens with zero attached hydrogens (tertiary/aromatic N) is 2. The first-order chi connectivity index (χ1) is 12.4. The number of nitrogens with two attached hydrogens (primary N) is 1. The van der Waals surface area contributed by atoms with Crippen LogP contribution >= 0.6 is 11.6 Å². The van der Waals surface area contributed by atoms with Gasteiger partial charge in [-0.1, -0.05) is 28.9 Å². The van der Waals surface area contributed by atoms with E-state index in [0.29, 0.717) is 34.5 Å². The van der Waals surface area contributed by atoms with Crippen molar-refractivity contribution in [2.45, 2.75) is 19.4 Å². The van der Waals surface area contributed by atoms with E-state index in [-0.39, 0.29) is 0 Å². The summed E-state index contributed by atoms with van der Waals surface area (Å²) >= 11 is 6.17. The quantitative estimate of drug-likeness (QED) is 0.386. The number of hydrogen-bond acceptors (Lipinski definition) is 7. The number of nitrogen functional groups attached to an aromatic ring is 1. The van der Waals surface area contributed by atoms with E-state index < -0.39 is 5.60 Å². The number of aliphatic hydroxyl groups is 1. The Morgan fingerprint density at radius 3 is 2.65 bits per heavy atom. The van der Waals surface area contributed by atoms with Gasteiger partial charge < -0.3 is 20.4 Å². The summed E-state index contributed by atoms with van der Waals surface area (Å²) in [5, 5.41) is 17.6. The molecule has 8 heteroatoms. The van der Waals surface area contributed by atoms with Crippen LogP contribution in [0.1, 0.15) is 13.8 Å². The van der Waals surface area contributed by atoms with E-state index in [1.54, 1.807) is 26.0 Å². The third kappa shape index (κ3) is 4.13. The molecule has 0 aliphatic heterocycles. The molecule has 0 saturated heterocycles. The maximum absolute atomic E-state index is 9.85. The summed E-state index contributed by atoms with van der Waals surface area (Å²) in [5.74, 6) is 6.39. The van der Waals surface area contributed by atoms with Crippen molar-refractivity contribution in [2.24, 2.45) is 5.84 Å². The maximum Gasteiger partial charge on any atom is 0.259 e. The smallest absolute Gasteiger partial charge is 0.259 e. The second-order valence-electron chi connectivity index (χ2n) is 6.47. The predicted octanol–water partition coefficient (Wildman–Crippen LogP) is 3.53. The van der Waals surface area contributed by atoms with Crippen molar-refractivity contribution in [3.8, 4) is 22.8 Å². The molecule has 0 atom stereocenters. The van der Waals surface area contributed by atoms with Gasteiger partial charge in [0.2, 0.25) is 5.82 Å². The number of rotatable bonds is 6. The Bertz CT molecular complexity index is 905. The van der Waals surface area contributed by atoms with E-state index >= 15 is 0 Å². The highest BCUT2D eigenvalue weighted by Crippen LogP contribution is 2.31. The normalized spacial score (nSPS) is 11.4. The number of anilines is 2. The molecule has 5 N–H and O–H groups in total. The van der Waals surface area contributed by atoms with Crippen molar-refractivity contribution in [2.75, 3.05) is 17.3 Å². The molecule has 3 aromatic rings. The highest BCUT2D eigenvalue weighted by molar-refractivity contribution is 6.33. The van der Waals surface area contributed by atoms with E-state index in [1.807, 2.05) is 30.3 Å². The number of halogens is 1. The maximum atomic E-state index is 9.85. The first-order valence-corrected chi connectivity index (χ1v) is 8.41. The molecule has 1 heterocycles. The minimum atomic E-state index is -0.845. The third-order valence-corrected chi connectivity index (χ3v) is 4.00. The van der Waals surface area contributed by atoms with Crippen LogP contribution < -0.4 is 16.6 Å². The van der Waals surface area contributed by atoms with Crippen LogP contribution in [0.25, 0.3) is 22.8 Å². The summed E-state index contributed by atoms with van der Waals surface area (Å²) in [5.41, 5.74) is 4.60. The molecule has 0 radical (unpaired) electrons. The molecule has 0 aliphatic rings. The molecule has 0 bridgehead atoms. The summed E-state index contributed by atoms with van der Waals surface area (Å²) in [6, 6.07) is 12.7. The molecular formula is C18H20ClN5O2. The molecule has 3 rings (SSSR count). The van der Waals surface area contributed by atoms with E-state index in [1.165, 1.54) is 0 Å². The molecule has 1 aromatic heterocycles. The summed E-state index contributed by atoms with van der Waals surface area (Å²) in [7, 11) is 0. The van der Waals surface area contributed by atoms with Gasteiger partial charge in [-0.3, -0.25) is 5.84 Å². The Balaban J connectivity index is 1.87. The minimum absolute atomic E-state index is 0.345. The average molecular weight is 374 g/mol. The van der Waals surface area contributed by atoms with Gasteiger partial charge in [0, 0.05) is 12.1 Å². The third-order valence-electron chi connectivity index (χ3n) is 3.68. The van der Waals surface area contributed by atoms with Crippen molar-refractivity contribution in [1.29, 1.82) is 0 Å². The van der Waals surface area contributed by atoms with Crippen molar-refractivity contribution in [3.63, 3.8) is 0 Å². The van der Waals surface area contributed by atoms with Crippen molar-refractivity contribution in [1.82, 2.24) is 10.1 Å². The second kappa shape index (κ2) is 7.33. The van der Waals surface area contributed by atoms with Crippen LogP contribution in [0.4, 0.5) is 11.4 Å². The number of benzene rings is 2. The monoisotopic (exact) mass is 373 g/mol. The summed E-state index contributed by atoms with van der Waals surface area (Å²) in [6.07, 6.45) is 0. The fourth-order valence-corrected chi connectivity index (χ4v) is 2.57. The molecule has 0 saturated carbocycles. The first kappa shape index (κ1) is 18.2. The molecular weight excluding hydrogens is 354 g/mol. The largest absolute Gasteiger partial charge is 0.389 e. The lowest BCUT2D eigenvalue weighted by Crippen LogP contribution is -2.29. The fraction of sp³-hybridized carbons (Fsp3) is 0.222. The van der Waals surface area contributed by atoms with Gasteiger partial charge >= 0.3 is 0 Å². The minimum Gasteiger partial charge on any atom is -0.389 e. The zero-order valence-corrected chi connectivity index (χ0v) is 15.2. The molecule has 26 heavy (non-hydrogen) atoms. The van der Waals surface area contributed by atoms with Crippen LogP contribution in [0, 0.1) is 0 Å². The molecule has 0 unspecified atom stereocenters. The van der Waals surface area contributed by atoms with Crippen LogP contribution in [0.2, 0.25) is 5.02 Å². The topological polar surface area (TPSA) is 109 Å². The lowest BCUT2D eigenvalue weighted by molar-refractivity contribution is 0.0945. The number of aromatic nitrogens is 2. The van der Waals surface area contributed by atoms with Gasteiger partial charge in [0.15, 0.2) is 0 Å². The highest BCUT2D eigenvalue weighted by atomic mass is 35.5. The van der Waals surface area contributed by atoms with Crippen LogP contribution in [-0.2, 0) is 0 Å². The van der Waals surface area contributed by atoms with Gasteiger partial charge in [0.1, 0.15) is 0 Å². The summed E-state index contributed by atoms with van der Waals surface area (Å²) < 4.78 is 5.34. The number of nitrogens with one attached hydrogen (secondary N) is 2. The average Bonchev–Trinajstić information content (AvgIpc) is 3.09. The standard InChI is InChI=1S/C18H20ClN5O2/c1-18(2,25)10-21-14-8-7-11(9-15(14)23-20)16-22-17(26-24-16)12-5-3-4-6-13(12)19/h3-9,21,23,25H,10,20H2,1-2H3. The van der Waals surface area contributed by atoms with Crippen LogP contribution in [0.15, 0.2) is 47.0 Å². The van der Waals surface area contributed by atoms with E-state index in [4.69, 9.17) is 22.0 Å². The van der Waals surface area contributed by atoms with Gasteiger partial charge in [-0.15, -0.1) is 0 Å². The van der Waals surface area contributed by atoms with Crippen LogP contribution in [-0.4, -0.2) is 27.4 Å². The van der Waals surface area contributed by atoms with Gasteiger partial charge in [-0.05, 0) is 44.2 Å². The lowest BCUT2D eigenvalue weighted by Gasteiger charge is -2.20. The van der Waals surface area contributed by atoms with Gasteiger partial charge in [0.25, 0.3) is 5.89 Å². The van der Waals surface area contributed by atoms with Crippen molar-refractivity contribution < 1.29 is 9.63 Å². The first-order valence-electron chi connectivity index (χ1n) is 8.03. The number of hydrogen-bond donors (Lipinski definition) is 4.